The normalized spacial score (nSPS) is 24.7. The molecule has 3 heterocycles. The van der Waals surface area contributed by atoms with Crippen molar-refractivity contribution in [1.29, 1.82) is 0 Å². The number of anilines is 1. The first kappa shape index (κ1) is 14.7. The maximum atomic E-state index is 6.05. The van der Waals surface area contributed by atoms with E-state index in [2.05, 4.69) is 33.6 Å². The van der Waals surface area contributed by atoms with Crippen LogP contribution in [0.3, 0.4) is 0 Å². The summed E-state index contributed by atoms with van der Waals surface area (Å²) < 4.78 is 13.7. The average Bonchev–Trinajstić information content (AvgIpc) is 3.14. The first-order valence-electron chi connectivity index (χ1n) is 8.55. The molecule has 1 saturated heterocycles. The number of hydrogen-bond donors (Lipinski definition) is 1. The van der Waals surface area contributed by atoms with Gasteiger partial charge >= 0.3 is 6.01 Å². The smallest absolute Gasteiger partial charge is 0.315 e. The molecule has 1 N–H and O–H groups in total. The quantitative estimate of drug-likeness (QED) is 0.882. The first-order valence-corrected chi connectivity index (χ1v) is 8.55. The van der Waals surface area contributed by atoms with Gasteiger partial charge in [0.2, 0.25) is 5.89 Å². The van der Waals surface area contributed by atoms with Crippen LogP contribution in [0.2, 0.25) is 0 Å². The molecular weight excluding hydrogens is 294 g/mol. The largest absolute Gasteiger partial charge is 0.408 e. The highest BCUT2D eigenvalue weighted by Gasteiger charge is 2.31. The SMILES string of the molecule is CCn1nccc1[C@@H]1OCCC[C@H]1CNc1nnc(C2CC2)o1. The van der Waals surface area contributed by atoms with Crippen LogP contribution in [0, 0.1) is 5.92 Å². The van der Waals surface area contributed by atoms with Crippen LogP contribution in [0.4, 0.5) is 6.01 Å². The molecule has 0 bridgehead atoms. The van der Waals surface area contributed by atoms with Crippen LogP contribution in [0.15, 0.2) is 16.7 Å². The Hall–Kier alpha value is -1.89. The van der Waals surface area contributed by atoms with Crippen molar-refractivity contribution in [1.82, 2.24) is 20.0 Å². The van der Waals surface area contributed by atoms with Crippen molar-refractivity contribution >= 4 is 6.01 Å². The molecule has 2 aromatic heterocycles. The van der Waals surface area contributed by atoms with E-state index in [1.54, 1.807) is 0 Å². The van der Waals surface area contributed by atoms with Gasteiger partial charge in [-0.15, -0.1) is 5.10 Å². The molecule has 2 aromatic rings. The lowest BCUT2D eigenvalue weighted by atomic mass is 9.92. The molecule has 2 fully saturated rings. The fraction of sp³-hybridized carbons (Fsp3) is 0.688. The van der Waals surface area contributed by atoms with Crippen molar-refractivity contribution in [2.45, 2.75) is 51.2 Å². The third-order valence-electron chi connectivity index (χ3n) is 4.67. The molecule has 7 heteroatoms. The highest BCUT2D eigenvalue weighted by molar-refractivity contribution is 5.20. The molecule has 7 nitrogen and oxygen atoms in total. The van der Waals surface area contributed by atoms with Crippen molar-refractivity contribution in [2.75, 3.05) is 18.5 Å². The first-order chi connectivity index (χ1) is 11.3. The van der Waals surface area contributed by atoms with E-state index in [1.807, 2.05) is 10.9 Å². The molecule has 1 saturated carbocycles. The average molecular weight is 317 g/mol. The second-order valence-electron chi connectivity index (χ2n) is 6.37. The fourth-order valence-electron chi connectivity index (χ4n) is 3.25. The van der Waals surface area contributed by atoms with Crippen molar-refractivity contribution < 1.29 is 9.15 Å². The predicted octanol–water partition coefficient (Wildman–Crippen LogP) is 2.74. The van der Waals surface area contributed by atoms with Crippen molar-refractivity contribution in [2.24, 2.45) is 5.92 Å². The topological polar surface area (TPSA) is 78.0 Å². The number of aryl methyl sites for hydroxylation is 1. The summed E-state index contributed by atoms with van der Waals surface area (Å²) in [7, 11) is 0. The van der Waals surface area contributed by atoms with Gasteiger partial charge in [-0.25, -0.2) is 0 Å². The van der Waals surface area contributed by atoms with Gasteiger partial charge in [0.1, 0.15) is 6.10 Å². The molecule has 2 aliphatic rings. The Labute approximate surface area is 135 Å². The van der Waals surface area contributed by atoms with Crippen LogP contribution in [-0.4, -0.2) is 33.1 Å². The Kier molecular flexibility index (Phi) is 4.03. The number of nitrogens with zero attached hydrogens (tertiary/aromatic N) is 4. The van der Waals surface area contributed by atoms with Gasteiger partial charge < -0.3 is 14.5 Å². The van der Waals surface area contributed by atoms with Crippen molar-refractivity contribution in [3.63, 3.8) is 0 Å². The minimum absolute atomic E-state index is 0.0736. The third kappa shape index (κ3) is 3.10. The summed E-state index contributed by atoms with van der Waals surface area (Å²) in [4.78, 5) is 0. The van der Waals surface area contributed by atoms with Crippen LogP contribution in [0.5, 0.6) is 0 Å². The summed E-state index contributed by atoms with van der Waals surface area (Å²) >= 11 is 0. The van der Waals surface area contributed by atoms with Gasteiger partial charge in [0.25, 0.3) is 0 Å². The van der Waals surface area contributed by atoms with Gasteiger partial charge in [0.15, 0.2) is 0 Å². The predicted molar refractivity (Wildman–Crippen MR) is 84.1 cm³/mol. The van der Waals surface area contributed by atoms with Gasteiger partial charge in [-0.2, -0.15) is 5.10 Å². The molecule has 0 aromatic carbocycles. The van der Waals surface area contributed by atoms with Crippen LogP contribution < -0.4 is 5.32 Å². The Bertz CT molecular complexity index is 648. The van der Waals surface area contributed by atoms with Gasteiger partial charge in [0.05, 0.1) is 5.69 Å². The zero-order valence-electron chi connectivity index (χ0n) is 13.4. The summed E-state index contributed by atoms with van der Waals surface area (Å²) in [5, 5.41) is 15.9. The number of nitrogens with one attached hydrogen (secondary N) is 1. The second-order valence-corrected chi connectivity index (χ2v) is 6.37. The number of aromatic nitrogens is 4. The third-order valence-corrected chi connectivity index (χ3v) is 4.67. The van der Waals surface area contributed by atoms with E-state index in [9.17, 15) is 0 Å². The monoisotopic (exact) mass is 317 g/mol. The minimum Gasteiger partial charge on any atom is -0.408 e. The Morgan fingerprint density at radius 1 is 1.30 bits per heavy atom. The Balaban J connectivity index is 1.42. The standard InChI is InChI=1S/C16H23N5O2/c1-2-21-13(7-8-18-21)14-12(4-3-9-22-14)10-17-16-20-19-15(23-16)11-5-6-11/h7-8,11-12,14H,2-6,9-10H2,1H3,(H,17,20)/t12-,14+/m0/s1. The molecule has 0 radical (unpaired) electrons. The highest BCUT2D eigenvalue weighted by atomic mass is 16.5. The van der Waals surface area contributed by atoms with Crippen LogP contribution in [0.25, 0.3) is 0 Å². The molecule has 4 rings (SSSR count). The maximum Gasteiger partial charge on any atom is 0.315 e. The van der Waals surface area contributed by atoms with E-state index < -0.39 is 0 Å². The van der Waals surface area contributed by atoms with E-state index in [0.717, 1.165) is 44.1 Å². The lowest BCUT2D eigenvalue weighted by molar-refractivity contribution is -0.0289. The van der Waals surface area contributed by atoms with E-state index in [1.165, 1.54) is 12.8 Å². The molecule has 23 heavy (non-hydrogen) atoms. The number of ether oxygens (including phenoxy) is 1. The van der Waals surface area contributed by atoms with E-state index >= 15 is 0 Å². The Morgan fingerprint density at radius 2 is 2.22 bits per heavy atom. The van der Waals surface area contributed by atoms with Gasteiger partial charge in [-0.05, 0) is 38.7 Å². The molecule has 1 aliphatic carbocycles. The molecule has 0 unspecified atom stereocenters. The van der Waals surface area contributed by atoms with E-state index in [-0.39, 0.29) is 6.10 Å². The summed E-state index contributed by atoms with van der Waals surface area (Å²) in [5.41, 5.74) is 1.16. The molecule has 0 amide bonds. The van der Waals surface area contributed by atoms with Gasteiger partial charge in [-0.1, -0.05) is 5.10 Å². The Morgan fingerprint density at radius 3 is 3.04 bits per heavy atom. The van der Waals surface area contributed by atoms with E-state index in [4.69, 9.17) is 9.15 Å². The van der Waals surface area contributed by atoms with Gasteiger partial charge in [-0.3, -0.25) is 4.68 Å². The van der Waals surface area contributed by atoms with Crippen molar-refractivity contribution in [3.05, 3.63) is 23.8 Å². The zero-order chi connectivity index (χ0) is 15.6. The summed E-state index contributed by atoms with van der Waals surface area (Å²) in [5.74, 6) is 1.64. The molecule has 2 atom stereocenters. The van der Waals surface area contributed by atoms with E-state index in [0.29, 0.717) is 17.9 Å². The summed E-state index contributed by atoms with van der Waals surface area (Å²) in [6.07, 6.45) is 6.46. The lowest BCUT2D eigenvalue weighted by Crippen LogP contribution is -2.30. The van der Waals surface area contributed by atoms with Crippen LogP contribution in [-0.2, 0) is 11.3 Å². The zero-order valence-corrected chi connectivity index (χ0v) is 13.4. The minimum atomic E-state index is 0.0736. The molecule has 1 aliphatic heterocycles. The number of hydrogen-bond acceptors (Lipinski definition) is 6. The summed E-state index contributed by atoms with van der Waals surface area (Å²) in [6, 6.07) is 2.59. The molecule has 0 spiro atoms. The maximum absolute atomic E-state index is 6.05. The van der Waals surface area contributed by atoms with Gasteiger partial charge in [0, 0.05) is 37.7 Å². The molecular formula is C16H23N5O2. The van der Waals surface area contributed by atoms with Crippen LogP contribution in [0.1, 0.15) is 56.2 Å². The number of rotatable bonds is 6. The fourth-order valence-corrected chi connectivity index (χ4v) is 3.25. The van der Waals surface area contributed by atoms with Crippen LogP contribution >= 0.6 is 0 Å². The highest BCUT2D eigenvalue weighted by Crippen LogP contribution is 2.39. The van der Waals surface area contributed by atoms with Crippen molar-refractivity contribution in [3.8, 4) is 0 Å². The lowest BCUT2D eigenvalue weighted by Gasteiger charge is -2.32. The molecule has 124 valence electrons. The summed E-state index contributed by atoms with van der Waals surface area (Å²) in [6.45, 7) is 4.54. The second kappa shape index (κ2) is 6.31.